The number of piperidine rings is 1. The number of likely N-dealkylation sites (tertiary alicyclic amines) is 1. The van der Waals surface area contributed by atoms with Crippen molar-refractivity contribution < 1.29 is 23.8 Å². The van der Waals surface area contributed by atoms with Crippen LogP contribution in [0.5, 0.6) is 11.5 Å². The van der Waals surface area contributed by atoms with Crippen LogP contribution >= 0.6 is 11.6 Å². The molecule has 0 unspecified atom stereocenters. The molecule has 1 saturated heterocycles. The highest BCUT2D eigenvalue weighted by Crippen LogP contribution is 2.51. The van der Waals surface area contributed by atoms with Gasteiger partial charge in [-0.3, -0.25) is 4.79 Å². The zero-order valence-electron chi connectivity index (χ0n) is 17.6. The fraction of sp³-hybridized carbons (Fsp3) is 0.458. The Labute approximate surface area is 186 Å². The maximum atomic E-state index is 14.3. The van der Waals surface area contributed by atoms with E-state index in [0.717, 1.165) is 43.5 Å². The summed E-state index contributed by atoms with van der Waals surface area (Å²) in [6, 6.07) is 8.92. The number of carboxylic acid groups (broad SMARTS) is 1. The molecule has 0 saturated carbocycles. The Kier molecular flexibility index (Phi) is 6.39. The molecule has 7 heteroatoms. The summed E-state index contributed by atoms with van der Waals surface area (Å²) in [6.45, 7) is 4.89. The lowest BCUT2D eigenvalue weighted by atomic mass is 9.74. The van der Waals surface area contributed by atoms with Crippen LogP contribution in [0.25, 0.3) is 0 Å². The normalized spacial score (nSPS) is 17.4. The van der Waals surface area contributed by atoms with Gasteiger partial charge in [-0.1, -0.05) is 36.7 Å². The zero-order valence-corrected chi connectivity index (χ0v) is 18.4. The van der Waals surface area contributed by atoms with Gasteiger partial charge in [-0.25, -0.2) is 4.39 Å². The largest absolute Gasteiger partial charge is 0.491 e. The van der Waals surface area contributed by atoms with Gasteiger partial charge in [0.2, 0.25) is 0 Å². The summed E-state index contributed by atoms with van der Waals surface area (Å²) in [4.78, 5) is 13.0. The summed E-state index contributed by atoms with van der Waals surface area (Å²) < 4.78 is 26.2. The van der Waals surface area contributed by atoms with Crippen molar-refractivity contribution in [2.75, 3.05) is 26.2 Å². The van der Waals surface area contributed by atoms with Gasteiger partial charge in [-0.15, -0.1) is 0 Å². The molecule has 31 heavy (non-hydrogen) atoms. The number of ether oxygens (including phenoxy) is 2. The molecule has 0 atom stereocenters. The maximum absolute atomic E-state index is 14.3. The Morgan fingerprint density at radius 1 is 1.29 bits per heavy atom. The molecule has 2 aromatic rings. The predicted molar refractivity (Wildman–Crippen MR) is 117 cm³/mol. The van der Waals surface area contributed by atoms with Crippen molar-refractivity contribution in [1.29, 1.82) is 0 Å². The van der Waals surface area contributed by atoms with Crippen LogP contribution in [0.15, 0.2) is 30.3 Å². The lowest BCUT2D eigenvalue weighted by molar-refractivity contribution is -0.137. The van der Waals surface area contributed by atoms with E-state index in [1.165, 1.54) is 6.07 Å². The third-order valence-corrected chi connectivity index (χ3v) is 6.91. The topological polar surface area (TPSA) is 59.0 Å². The summed E-state index contributed by atoms with van der Waals surface area (Å²) in [5, 5.41) is 9.33. The Hall–Kier alpha value is -2.31. The number of aryl methyl sites for hydroxylation is 1. The molecule has 2 aromatic carbocycles. The lowest BCUT2D eigenvalue weighted by Crippen LogP contribution is -2.44. The quantitative estimate of drug-likeness (QED) is 0.659. The summed E-state index contributed by atoms with van der Waals surface area (Å²) in [7, 11) is 0. The van der Waals surface area contributed by atoms with Crippen LogP contribution < -0.4 is 9.47 Å². The van der Waals surface area contributed by atoms with Crippen LogP contribution in [0.1, 0.15) is 42.9 Å². The molecule has 4 rings (SSSR count). The minimum Gasteiger partial charge on any atom is -0.491 e. The monoisotopic (exact) mass is 447 g/mol. The highest BCUT2D eigenvalue weighted by molar-refractivity contribution is 6.33. The third kappa shape index (κ3) is 4.37. The number of hydrogen-bond donors (Lipinski definition) is 1. The molecule has 1 fully saturated rings. The first-order chi connectivity index (χ1) is 14.9. The van der Waals surface area contributed by atoms with Crippen LogP contribution in [0.3, 0.4) is 0 Å². The van der Waals surface area contributed by atoms with E-state index in [9.17, 15) is 9.18 Å². The number of fused-ring (bicyclic) bond motifs is 2. The van der Waals surface area contributed by atoms with Crippen LogP contribution in [-0.2, 0) is 23.2 Å². The number of nitrogens with zero attached hydrogens (tertiary/aromatic N) is 1. The second-order valence-electron chi connectivity index (χ2n) is 8.33. The Balaban J connectivity index is 1.47. The van der Waals surface area contributed by atoms with Gasteiger partial charge in [-0.2, -0.15) is 0 Å². The first kappa shape index (κ1) is 21.9. The number of hydrogen-bond acceptors (Lipinski definition) is 4. The van der Waals surface area contributed by atoms with Gasteiger partial charge in [-0.05, 0) is 50.0 Å². The highest BCUT2D eigenvalue weighted by atomic mass is 35.5. The number of carboxylic acids is 1. The van der Waals surface area contributed by atoms with E-state index in [4.69, 9.17) is 26.2 Å². The van der Waals surface area contributed by atoms with Gasteiger partial charge in [0.1, 0.15) is 28.9 Å². The average Bonchev–Trinajstić information content (AvgIpc) is 3.12. The first-order valence-electron chi connectivity index (χ1n) is 10.7. The van der Waals surface area contributed by atoms with E-state index in [-0.39, 0.29) is 24.3 Å². The molecule has 1 spiro atoms. The van der Waals surface area contributed by atoms with E-state index >= 15 is 0 Å². The van der Waals surface area contributed by atoms with Crippen molar-refractivity contribution in [2.45, 2.75) is 44.6 Å². The molecule has 1 N–H and O–H groups in total. The number of rotatable bonds is 7. The third-order valence-electron chi connectivity index (χ3n) is 6.55. The van der Waals surface area contributed by atoms with Crippen molar-refractivity contribution in [3.63, 3.8) is 0 Å². The molecule has 2 heterocycles. The van der Waals surface area contributed by atoms with Gasteiger partial charge >= 0.3 is 5.97 Å². The van der Waals surface area contributed by atoms with E-state index in [1.54, 1.807) is 6.07 Å². The summed E-state index contributed by atoms with van der Waals surface area (Å²) in [6.07, 6.45) is 2.67. The zero-order chi connectivity index (χ0) is 22.0. The van der Waals surface area contributed by atoms with E-state index in [2.05, 4.69) is 4.90 Å². The number of aliphatic carboxylic acids is 1. The second-order valence-corrected chi connectivity index (χ2v) is 8.71. The Bertz CT molecular complexity index is 972. The van der Waals surface area contributed by atoms with E-state index in [1.807, 2.05) is 25.1 Å². The second kappa shape index (κ2) is 9.05. The molecule has 0 radical (unpaired) electrons. The molecular weight excluding hydrogens is 421 g/mol. The van der Waals surface area contributed by atoms with Gasteiger partial charge < -0.3 is 19.5 Å². The van der Waals surface area contributed by atoms with Gasteiger partial charge in [0.05, 0.1) is 13.0 Å². The number of carbonyl (C=O) groups is 1. The van der Waals surface area contributed by atoms with Crippen LogP contribution in [0.4, 0.5) is 4.39 Å². The fourth-order valence-corrected chi connectivity index (χ4v) is 4.89. The van der Waals surface area contributed by atoms with Crippen molar-refractivity contribution >= 4 is 17.6 Å². The number of benzene rings is 2. The smallest absolute Gasteiger partial charge is 0.304 e. The van der Waals surface area contributed by atoms with Crippen molar-refractivity contribution in [3.8, 4) is 11.5 Å². The standard InChI is InChI=1S/C24H27ClFNO4/c1-2-16-4-3-5-19(26)17(16)14-30-20-7-6-18-23(22(20)25)31-15-24(18)9-12-27(13-10-24)11-8-21(28)29/h3-7H,2,8-15H2,1H3,(H,28,29). The van der Waals surface area contributed by atoms with E-state index in [0.29, 0.717) is 35.2 Å². The Morgan fingerprint density at radius 3 is 2.77 bits per heavy atom. The molecule has 0 aromatic heterocycles. The predicted octanol–water partition coefficient (Wildman–Crippen LogP) is 4.82. The van der Waals surface area contributed by atoms with E-state index < -0.39 is 5.97 Å². The summed E-state index contributed by atoms with van der Waals surface area (Å²) in [5.74, 6) is 0.0983. The molecule has 2 aliphatic rings. The Morgan fingerprint density at radius 2 is 2.06 bits per heavy atom. The SMILES string of the molecule is CCc1cccc(F)c1COc1ccc2c(c1Cl)OCC21CCN(CCC(=O)O)CC1. The van der Waals surface area contributed by atoms with Crippen LogP contribution in [-0.4, -0.2) is 42.2 Å². The molecule has 0 aliphatic carbocycles. The summed E-state index contributed by atoms with van der Waals surface area (Å²) in [5.41, 5.74) is 2.45. The van der Waals surface area contributed by atoms with Crippen molar-refractivity contribution in [3.05, 3.63) is 57.9 Å². The molecule has 0 bridgehead atoms. The molecule has 0 amide bonds. The first-order valence-corrected chi connectivity index (χ1v) is 11.1. The van der Waals surface area contributed by atoms with Crippen molar-refractivity contribution in [2.24, 2.45) is 0 Å². The van der Waals surface area contributed by atoms with Crippen LogP contribution in [0, 0.1) is 5.82 Å². The average molecular weight is 448 g/mol. The van der Waals surface area contributed by atoms with Crippen LogP contribution in [0.2, 0.25) is 5.02 Å². The molecular formula is C24H27ClFNO4. The van der Waals surface area contributed by atoms with Gasteiger partial charge in [0.25, 0.3) is 0 Å². The minimum atomic E-state index is -0.768. The number of halogens is 2. The molecule has 5 nitrogen and oxygen atoms in total. The summed E-state index contributed by atoms with van der Waals surface area (Å²) >= 11 is 6.63. The molecule has 2 aliphatic heterocycles. The van der Waals surface area contributed by atoms with Crippen molar-refractivity contribution in [1.82, 2.24) is 4.90 Å². The van der Waals surface area contributed by atoms with Gasteiger partial charge in [0.15, 0.2) is 0 Å². The lowest BCUT2D eigenvalue weighted by Gasteiger charge is -2.38. The molecule has 166 valence electrons. The maximum Gasteiger partial charge on any atom is 0.304 e. The van der Waals surface area contributed by atoms with Gasteiger partial charge in [0, 0.05) is 23.1 Å². The highest BCUT2D eigenvalue weighted by Gasteiger charge is 2.44. The fourth-order valence-electron chi connectivity index (χ4n) is 4.61. The minimum absolute atomic E-state index is 0.0991.